The molecule has 1 aliphatic heterocycles. The van der Waals surface area contributed by atoms with Crippen molar-refractivity contribution >= 4 is 11.6 Å². The molecule has 0 saturated carbocycles. The first kappa shape index (κ1) is 11.0. The van der Waals surface area contributed by atoms with Crippen molar-refractivity contribution in [1.82, 2.24) is 9.47 Å². The summed E-state index contributed by atoms with van der Waals surface area (Å²) >= 11 is 0. The third kappa shape index (κ3) is 1.78. The molecule has 1 amide bonds. The van der Waals surface area contributed by atoms with Gasteiger partial charge in [0.25, 0.3) is 5.91 Å². The largest absolute Gasteiger partial charge is 0.397 e. The SMILES string of the molecule is CCn1cc(N)cc1C(=O)N1CC(C)(O)C1. The summed E-state index contributed by atoms with van der Waals surface area (Å²) in [5.41, 5.74) is 6.12. The van der Waals surface area contributed by atoms with Crippen LogP contribution < -0.4 is 5.73 Å². The zero-order valence-corrected chi connectivity index (χ0v) is 9.60. The molecule has 1 aromatic rings. The van der Waals surface area contributed by atoms with Crippen molar-refractivity contribution < 1.29 is 9.90 Å². The summed E-state index contributed by atoms with van der Waals surface area (Å²) in [5.74, 6) is -0.0647. The van der Waals surface area contributed by atoms with Crippen molar-refractivity contribution in [3.05, 3.63) is 18.0 Å². The molecule has 0 atom stereocenters. The Bertz CT molecular complexity index is 415. The van der Waals surface area contributed by atoms with Gasteiger partial charge in [0.2, 0.25) is 0 Å². The Labute approximate surface area is 94.5 Å². The Kier molecular flexibility index (Phi) is 2.42. The Balaban J connectivity index is 2.15. The molecule has 1 aliphatic rings. The predicted molar refractivity (Wildman–Crippen MR) is 61.0 cm³/mol. The standard InChI is InChI=1S/C11H17N3O2/c1-3-13-5-8(12)4-9(13)10(15)14-6-11(2,16)7-14/h4-5,16H,3,6-7,12H2,1-2H3. The Morgan fingerprint density at radius 3 is 2.75 bits per heavy atom. The number of nitrogen functional groups attached to an aromatic ring is 1. The lowest BCUT2D eigenvalue weighted by Gasteiger charge is -2.44. The second kappa shape index (κ2) is 3.52. The maximum absolute atomic E-state index is 12.0. The number of aryl methyl sites for hydroxylation is 1. The molecule has 0 aliphatic carbocycles. The summed E-state index contributed by atoms with van der Waals surface area (Å²) in [6.07, 6.45) is 1.76. The minimum absolute atomic E-state index is 0.0647. The molecule has 0 radical (unpaired) electrons. The average Bonchev–Trinajstić information content (AvgIpc) is 2.54. The first-order chi connectivity index (χ1) is 7.43. The summed E-state index contributed by atoms with van der Waals surface area (Å²) in [4.78, 5) is 13.7. The number of hydrogen-bond acceptors (Lipinski definition) is 3. The lowest BCUT2D eigenvalue weighted by Crippen LogP contribution is -2.61. The van der Waals surface area contributed by atoms with E-state index in [2.05, 4.69) is 0 Å². The zero-order valence-electron chi connectivity index (χ0n) is 9.60. The molecular weight excluding hydrogens is 206 g/mol. The normalized spacial score (nSPS) is 18.3. The third-order valence-electron chi connectivity index (χ3n) is 2.83. The van der Waals surface area contributed by atoms with Gasteiger partial charge in [-0.25, -0.2) is 0 Å². The van der Waals surface area contributed by atoms with Crippen molar-refractivity contribution in [3.8, 4) is 0 Å². The van der Waals surface area contributed by atoms with Crippen LogP contribution in [0.4, 0.5) is 5.69 Å². The molecule has 0 spiro atoms. The average molecular weight is 223 g/mol. The highest BCUT2D eigenvalue weighted by Crippen LogP contribution is 2.23. The number of rotatable bonds is 2. The summed E-state index contributed by atoms with van der Waals surface area (Å²) in [6, 6.07) is 1.68. The number of aliphatic hydroxyl groups is 1. The van der Waals surface area contributed by atoms with E-state index in [-0.39, 0.29) is 5.91 Å². The van der Waals surface area contributed by atoms with E-state index in [9.17, 15) is 9.90 Å². The number of carbonyl (C=O) groups excluding carboxylic acids is 1. The summed E-state index contributed by atoms with van der Waals surface area (Å²) in [7, 11) is 0. The molecule has 1 saturated heterocycles. The Morgan fingerprint density at radius 1 is 1.62 bits per heavy atom. The summed E-state index contributed by atoms with van der Waals surface area (Å²) < 4.78 is 1.82. The quantitative estimate of drug-likeness (QED) is 0.757. The lowest BCUT2D eigenvalue weighted by molar-refractivity contribution is -0.0672. The maximum atomic E-state index is 12.0. The van der Waals surface area contributed by atoms with E-state index in [1.165, 1.54) is 0 Å². The molecule has 1 fully saturated rings. The number of amides is 1. The molecule has 1 aromatic heterocycles. The molecule has 0 unspecified atom stereocenters. The number of anilines is 1. The van der Waals surface area contributed by atoms with Crippen LogP contribution in [0.5, 0.6) is 0 Å². The molecule has 2 heterocycles. The van der Waals surface area contributed by atoms with Crippen LogP contribution in [0.3, 0.4) is 0 Å². The smallest absolute Gasteiger partial charge is 0.270 e. The van der Waals surface area contributed by atoms with Gasteiger partial charge in [-0.05, 0) is 19.9 Å². The van der Waals surface area contributed by atoms with E-state index >= 15 is 0 Å². The van der Waals surface area contributed by atoms with Crippen LogP contribution in [0.2, 0.25) is 0 Å². The van der Waals surface area contributed by atoms with Gasteiger partial charge >= 0.3 is 0 Å². The van der Waals surface area contributed by atoms with E-state index in [1.54, 1.807) is 24.1 Å². The molecule has 3 N–H and O–H groups in total. The van der Waals surface area contributed by atoms with Gasteiger partial charge in [-0.1, -0.05) is 0 Å². The first-order valence-corrected chi connectivity index (χ1v) is 5.40. The number of nitrogens with zero attached hydrogens (tertiary/aromatic N) is 2. The molecule has 0 aromatic carbocycles. The van der Waals surface area contributed by atoms with Crippen LogP contribution in [0.1, 0.15) is 24.3 Å². The van der Waals surface area contributed by atoms with Gasteiger partial charge in [-0.2, -0.15) is 0 Å². The van der Waals surface area contributed by atoms with Crippen LogP contribution in [0.25, 0.3) is 0 Å². The minimum atomic E-state index is -0.731. The predicted octanol–water partition coefficient (Wildman–Crippen LogP) is 0.297. The number of carbonyl (C=O) groups is 1. The maximum Gasteiger partial charge on any atom is 0.270 e. The molecular formula is C11H17N3O2. The molecule has 5 heteroatoms. The second-order valence-corrected chi connectivity index (χ2v) is 4.60. The van der Waals surface area contributed by atoms with E-state index in [0.717, 1.165) is 0 Å². The fraction of sp³-hybridized carbons (Fsp3) is 0.545. The molecule has 88 valence electrons. The molecule has 16 heavy (non-hydrogen) atoms. The fourth-order valence-electron chi connectivity index (χ4n) is 2.06. The van der Waals surface area contributed by atoms with Gasteiger partial charge in [0.15, 0.2) is 0 Å². The second-order valence-electron chi connectivity index (χ2n) is 4.60. The van der Waals surface area contributed by atoms with Gasteiger partial charge in [-0.15, -0.1) is 0 Å². The van der Waals surface area contributed by atoms with Crippen molar-refractivity contribution in [1.29, 1.82) is 0 Å². The Morgan fingerprint density at radius 2 is 2.25 bits per heavy atom. The third-order valence-corrected chi connectivity index (χ3v) is 2.83. The van der Waals surface area contributed by atoms with Crippen LogP contribution in [0, 0.1) is 0 Å². The number of aromatic nitrogens is 1. The van der Waals surface area contributed by atoms with Gasteiger partial charge in [0.1, 0.15) is 5.69 Å². The van der Waals surface area contributed by atoms with Gasteiger partial charge in [0, 0.05) is 12.7 Å². The van der Waals surface area contributed by atoms with E-state index in [0.29, 0.717) is 31.0 Å². The van der Waals surface area contributed by atoms with Gasteiger partial charge in [0.05, 0.1) is 24.4 Å². The summed E-state index contributed by atoms with van der Waals surface area (Å²) in [6.45, 7) is 5.18. The topological polar surface area (TPSA) is 71.5 Å². The minimum Gasteiger partial charge on any atom is -0.397 e. The van der Waals surface area contributed by atoms with Crippen LogP contribution in [-0.2, 0) is 6.54 Å². The monoisotopic (exact) mass is 223 g/mol. The highest BCUT2D eigenvalue weighted by atomic mass is 16.3. The van der Waals surface area contributed by atoms with Crippen LogP contribution in [0.15, 0.2) is 12.3 Å². The molecule has 5 nitrogen and oxygen atoms in total. The first-order valence-electron chi connectivity index (χ1n) is 5.40. The van der Waals surface area contributed by atoms with Gasteiger partial charge in [-0.3, -0.25) is 4.79 Å². The van der Waals surface area contributed by atoms with E-state index in [1.807, 2.05) is 11.5 Å². The highest BCUT2D eigenvalue weighted by Gasteiger charge is 2.40. The van der Waals surface area contributed by atoms with E-state index in [4.69, 9.17) is 5.73 Å². The van der Waals surface area contributed by atoms with Crippen molar-refractivity contribution in [3.63, 3.8) is 0 Å². The van der Waals surface area contributed by atoms with E-state index < -0.39 is 5.60 Å². The fourth-order valence-corrected chi connectivity index (χ4v) is 2.06. The van der Waals surface area contributed by atoms with Crippen molar-refractivity contribution in [2.45, 2.75) is 26.0 Å². The van der Waals surface area contributed by atoms with Crippen LogP contribution in [-0.4, -0.2) is 39.2 Å². The lowest BCUT2D eigenvalue weighted by atomic mass is 9.96. The number of β-amino-alcohol motifs (C(OH)–C–C–N with tert-alkyl or cyclic N) is 1. The Hall–Kier alpha value is -1.49. The van der Waals surface area contributed by atoms with Gasteiger partial charge < -0.3 is 20.3 Å². The van der Waals surface area contributed by atoms with Crippen molar-refractivity contribution in [2.75, 3.05) is 18.8 Å². The zero-order chi connectivity index (χ0) is 11.9. The number of likely N-dealkylation sites (tertiary alicyclic amines) is 1. The van der Waals surface area contributed by atoms with Crippen LogP contribution >= 0.6 is 0 Å². The van der Waals surface area contributed by atoms with Crippen molar-refractivity contribution in [2.24, 2.45) is 0 Å². The summed E-state index contributed by atoms with van der Waals surface area (Å²) in [5, 5.41) is 9.59. The molecule has 2 rings (SSSR count). The highest BCUT2D eigenvalue weighted by molar-refractivity contribution is 5.94. The number of hydrogen-bond donors (Lipinski definition) is 2. The molecule has 0 bridgehead atoms. The number of nitrogens with two attached hydrogens (primary N) is 1.